The van der Waals surface area contributed by atoms with E-state index < -0.39 is 11.9 Å². The zero-order chi connectivity index (χ0) is 15.4. The van der Waals surface area contributed by atoms with E-state index in [2.05, 4.69) is 10.4 Å². The third kappa shape index (κ3) is 3.56. The van der Waals surface area contributed by atoms with Gasteiger partial charge in [-0.05, 0) is 25.1 Å². The van der Waals surface area contributed by atoms with Crippen LogP contribution >= 0.6 is 0 Å². The van der Waals surface area contributed by atoms with Crippen molar-refractivity contribution >= 4 is 23.6 Å². The van der Waals surface area contributed by atoms with Crippen molar-refractivity contribution in [3.63, 3.8) is 0 Å². The molecule has 0 atom stereocenters. The highest BCUT2D eigenvalue weighted by molar-refractivity contribution is 6.06. The van der Waals surface area contributed by atoms with Gasteiger partial charge in [-0.2, -0.15) is 5.10 Å². The maximum Gasteiger partial charge on any atom is 0.337 e. The minimum absolute atomic E-state index is 0.0526. The van der Waals surface area contributed by atoms with Gasteiger partial charge in [0.05, 0.1) is 16.9 Å². The van der Waals surface area contributed by atoms with Crippen LogP contribution in [0.1, 0.15) is 21.6 Å². The summed E-state index contributed by atoms with van der Waals surface area (Å²) in [6.45, 7) is 1.84. The largest absolute Gasteiger partial charge is 0.478 e. The van der Waals surface area contributed by atoms with Crippen LogP contribution in [0, 0.1) is 6.92 Å². The summed E-state index contributed by atoms with van der Waals surface area (Å²) in [7, 11) is 1.80. The van der Waals surface area contributed by atoms with Gasteiger partial charge in [0.2, 0.25) is 5.91 Å². The predicted molar refractivity (Wildman–Crippen MR) is 79.0 cm³/mol. The van der Waals surface area contributed by atoms with Crippen molar-refractivity contribution in [3.05, 3.63) is 53.4 Å². The van der Waals surface area contributed by atoms with E-state index in [1.165, 1.54) is 12.1 Å². The Hall–Kier alpha value is -2.89. The molecule has 0 aliphatic heterocycles. The van der Waals surface area contributed by atoms with E-state index in [1.807, 2.05) is 6.92 Å². The number of amides is 1. The Morgan fingerprint density at radius 1 is 1.33 bits per heavy atom. The van der Waals surface area contributed by atoms with Crippen LogP contribution in [0.15, 0.2) is 36.5 Å². The molecule has 2 N–H and O–H groups in total. The van der Waals surface area contributed by atoms with Gasteiger partial charge in [0.1, 0.15) is 0 Å². The Morgan fingerprint density at radius 3 is 2.67 bits per heavy atom. The van der Waals surface area contributed by atoms with Gasteiger partial charge in [-0.1, -0.05) is 12.1 Å². The SMILES string of the molecule is Cc1nn(C)cc1/C=C/C(=O)Nc1ccccc1C(=O)O. The molecule has 2 rings (SSSR count). The second-order valence-electron chi connectivity index (χ2n) is 4.52. The molecule has 6 heteroatoms. The van der Waals surface area contributed by atoms with E-state index in [-0.39, 0.29) is 11.3 Å². The lowest BCUT2D eigenvalue weighted by atomic mass is 10.2. The first-order valence-electron chi connectivity index (χ1n) is 6.29. The number of aromatic carboxylic acids is 1. The number of carbonyl (C=O) groups is 2. The molecule has 1 aromatic heterocycles. The Bertz CT molecular complexity index is 717. The van der Waals surface area contributed by atoms with Gasteiger partial charge in [0.25, 0.3) is 0 Å². The predicted octanol–water partition coefficient (Wildman–Crippen LogP) is 2.08. The van der Waals surface area contributed by atoms with Gasteiger partial charge in [-0.25, -0.2) is 4.79 Å². The molecule has 1 aromatic carbocycles. The van der Waals surface area contributed by atoms with Crippen molar-refractivity contribution in [1.29, 1.82) is 0 Å². The van der Waals surface area contributed by atoms with E-state index in [1.54, 1.807) is 42.2 Å². The molecule has 0 bridgehead atoms. The number of benzene rings is 1. The maximum absolute atomic E-state index is 11.9. The average molecular weight is 285 g/mol. The second-order valence-corrected chi connectivity index (χ2v) is 4.52. The molecule has 1 amide bonds. The lowest BCUT2D eigenvalue weighted by Crippen LogP contribution is -2.11. The molecule has 21 heavy (non-hydrogen) atoms. The number of nitrogens with zero attached hydrogens (tertiary/aromatic N) is 2. The Balaban J connectivity index is 2.12. The van der Waals surface area contributed by atoms with Crippen molar-refractivity contribution in [2.75, 3.05) is 5.32 Å². The molecule has 0 aliphatic rings. The smallest absolute Gasteiger partial charge is 0.337 e. The zero-order valence-corrected chi connectivity index (χ0v) is 11.7. The first-order valence-corrected chi connectivity index (χ1v) is 6.29. The number of rotatable bonds is 4. The first-order chi connectivity index (χ1) is 9.97. The highest BCUT2D eigenvalue weighted by atomic mass is 16.4. The summed E-state index contributed by atoms with van der Waals surface area (Å²) in [5.41, 5.74) is 1.96. The lowest BCUT2D eigenvalue weighted by Gasteiger charge is -2.05. The highest BCUT2D eigenvalue weighted by Gasteiger charge is 2.10. The molecule has 0 unspecified atom stereocenters. The van der Waals surface area contributed by atoms with Crippen molar-refractivity contribution in [3.8, 4) is 0 Å². The molecule has 0 spiro atoms. The fraction of sp³-hybridized carbons (Fsp3) is 0.133. The minimum atomic E-state index is -1.09. The molecule has 0 saturated carbocycles. The molecular formula is C15H15N3O3. The summed E-state index contributed by atoms with van der Waals surface area (Å²) in [4.78, 5) is 22.9. The number of aromatic nitrogens is 2. The number of carboxylic acids is 1. The van der Waals surface area contributed by atoms with Gasteiger partial charge in [0.15, 0.2) is 0 Å². The Kier molecular flexibility index (Phi) is 4.18. The number of nitrogens with one attached hydrogen (secondary N) is 1. The number of anilines is 1. The zero-order valence-electron chi connectivity index (χ0n) is 11.7. The number of hydrogen-bond donors (Lipinski definition) is 2. The Labute approximate surface area is 121 Å². The van der Waals surface area contributed by atoms with Crippen LogP contribution in [-0.2, 0) is 11.8 Å². The van der Waals surface area contributed by atoms with Crippen molar-refractivity contribution in [2.24, 2.45) is 7.05 Å². The molecule has 108 valence electrons. The standard InChI is InChI=1S/C15H15N3O3/c1-10-11(9-18(2)17-10)7-8-14(19)16-13-6-4-3-5-12(13)15(20)21/h3-9H,1-2H3,(H,16,19)(H,20,21)/b8-7+. The van der Waals surface area contributed by atoms with Crippen molar-refractivity contribution < 1.29 is 14.7 Å². The summed E-state index contributed by atoms with van der Waals surface area (Å²) < 4.78 is 1.66. The summed E-state index contributed by atoms with van der Waals surface area (Å²) in [6, 6.07) is 6.25. The monoisotopic (exact) mass is 285 g/mol. The quantitative estimate of drug-likeness (QED) is 0.842. The lowest BCUT2D eigenvalue weighted by molar-refractivity contribution is -0.111. The summed E-state index contributed by atoms with van der Waals surface area (Å²) >= 11 is 0. The summed E-state index contributed by atoms with van der Waals surface area (Å²) in [5.74, 6) is -1.48. The molecule has 6 nitrogen and oxygen atoms in total. The van der Waals surface area contributed by atoms with Crippen LogP contribution in [0.4, 0.5) is 5.69 Å². The first kappa shape index (κ1) is 14.5. The van der Waals surface area contributed by atoms with Crippen LogP contribution in [-0.4, -0.2) is 26.8 Å². The van der Waals surface area contributed by atoms with Crippen molar-refractivity contribution in [1.82, 2.24) is 9.78 Å². The number of aryl methyl sites for hydroxylation is 2. The van der Waals surface area contributed by atoms with E-state index >= 15 is 0 Å². The minimum Gasteiger partial charge on any atom is -0.478 e. The van der Waals surface area contributed by atoms with E-state index in [0.29, 0.717) is 0 Å². The average Bonchev–Trinajstić information content (AvgIpc) is 2.75. The maximum atomic E-state index is 11.9. The molecular weight excluding hydrogens is 270 g/mol. The molecule has 2 aromatic rings. The van der Waals surface area contributed by atoms with Crippen LogP contribution in [0.25, 0.3) is 6.08 Å². The van der Waals surface area contributed by atoms with Gasteiger partial charge in [0, 0.05) is 24.9 Å². The van der Waals surface area contributed by atoms with Gasteiger partial charge in [-0.3, -0.25) is 9.48 Å². The normalized spacial score (nSPS) is 10.8. The van der Waals surface area contributed by atoms with E-state index in [4.69, 9.17) is 5.11 Å². The number of para-hydroxylation sites is 1. The third-order valence-corrected chi connectivity index (χ3v) is 2.88. The van der Waals surface area contributed by atoms with Crippen LogP contribution < -0.4 is 5.32 Å². The molecule has 0 fully saturated rings. The number of carbonyl (C=O) groups excluding carboxylic acids is 1. The van der Waals surface area contributed by atoms with E-state index in [0.717, 1.165) is 11.3 Å². The molecule has 0 aliphatic carbocycles. The summed E-state index contributed by atoms with van der Waals surface area (Å²) in [5, 5.41) is 15.8. The number of hydrogen-bond acceptors (Lipinski definition) is 3. The molecule has 0 radical (unpaired) electrons. The van der Waals surface area contributed by atoms with Gasteiger partial charge >= 0.3 is 5.97 Å². The van der Waals surface area contributed by atoms with Crippen LogP contribution in [0.5, 0.6) is 0 Å². The van der Waals surface area contributed by atoms with Crippen molar-refractivity contribution in [2.45, 2.75) is 6.92 Å². The van der Waals surface area contributed by atoms with Gasteiger partial charge in [-0.15, -0.1) is 0 Å². The summed E-state index contributed by atoms with van der Waals surface area (Å²) in [6.07, 6.45) is 4.79. The molecule has 0 saturated heterocycles. The topological polar surface area (TPSA) is 84.2 Å². The Morgan fingerprint density at radius 2 is 2.05 bits per heavy atom. The van der Waals surface area contributed by atoms with Gasteiger partial charge < -0.3 is 10.4 Å². The second kappa shape index (κ2) is 6.04. The fourth-order valence-corrected chi connectivity index (χ4v) is 1.90. The fourth-order valence-electron chi connectivity index (χ4n) is 1.90. The van der Waals surface area contributed by atoms with Crippen LogP contribution in [0.3, 0.4) is 0 Å². The van der Waals surface area contributed by atoms with E-state index in [9.17, 15) is 9.59 Å². The highest BCUT2D eigenvalue weighted by Crippen LogP contribution is 2.15. The van der Waals surface area contributed by atoms with Crippen LogP contribution in [0.2, 0.25) is 0 Å². The third-order valence-electron chi connectivity index (χ3n) is 2.88. The number of carboxylic acid groups (broad SMARTS) is 1. The molecule has 1 heterocycles.